The first-order valence-corrected chi connectivity index (χ1v) is 13.6. The van der Waals surface area contributed by atoms with Gasteiger partial charge in [-0.3, -0.25) is 4.79 Å². The number of hydrogen-bond acceptors (Lipinski definition) is 4. The van der Waals surface area contributed by atoms with Crippen molar-refractivity contribution < 1.29 is 27.8 Å². The third-order valence-electron chi connectivity index (χ3n) is 6.33. The number of aliphatic hydroxyl groups excluding tert-OH is 1. The lowest BCUT2D eigenvalue weighted by atomic mass is 9.72. The van der Waals surface area contributed by atoms with Gasteiger partial charge in [0.25, 0.3) is 5.92 Å². The molecule has 1 saturated heterocycles. The van der Waals surface area contributed by atoms with Crippen molar-refractivity contribution in [1.29, 1.82) is 0 Å². The van der Waals surface area contributed by atoms with E-state index in [9.17, 15) is 18.7 Å². The molecule has 0 bridgehead atoms. The van der Waals surface area contributed by atoms with Crippen molar-refractivity contribution in [2.45, 2.75) is 104 Å². The van der Waals surface area contributed by atoms with Crippen LogP contribution in [0.5, 0.6) is 0 Å². The van der Waals surface area contributed by atoms with Gasteiger partial charge in [0.1, 0.15) is 6.10 Å². The molecule has 2 fully saturated rings. The van der Waals surface area contributed by atoms with Crippen LogP contribution < -0.4 is 0 Å². The van der Waals surface area contributed by atoms with Crippen LogP contribution in [-0.2, 0) is 14.0 Å². The Hall–Kier alpha value is -0.533. The van der Waals surface area contributed by atoms with E-state index in [1.807, 2.05) is 20.8 Å². The van der Waals surface area contributed by atoms with Crippen LogP contribution in [-0.4, -0.2) is 44.4 Å². The monoisotopic (exact) mass is 420 g/mol. The molecule has 0 amide bonds. The number of carbonyl (C=O) groups excluding carboxylic acids is 1. The SMILES string of the molecule is CCCC(F)(F)C(CCC(O[SiH](C)C)[C@@H]1[C@H]2CC(=O)O[C@H]2C[C@H]1O)C(C)(C)C. The predicted molar refractivity (Wildman–Crippen MR) is 108 cm³/mol. The van der Waals surface area contributed by atoms with Gasteiger partial charge >= 0.3 is 5.97 Å². The standard InChI is InChI=1S/C21H38F2O4Si/c1-7-10-21(22,23)17(20(2,3)4)9-8-15(27-28(5)6)19-13-11-18(25)26-16(13)12-14(19)24/h13-17,19,24,28H,7-12H2,1-6H3/t13-,14+,15?,16-,17?,19+/m0/s1. The van der Waals surface area contributed by atoms with Crippen LogP contribution in [0.3, 0.4) is 0 Å². The maximum atomic E-state index is 14.9. The number of ether oxygens (including phenoxy) is 1. The van der Waals surface area contributed by atoms with E-state index in [0.29, 0.717) is 32.1 Å². The van der Waals surface area contributed by atoms with E-state index in [1.165, 1.54) is 0 Å². The lowest BCUT2D eigenvalue weighted by Crippen LogP contribution is -2.41. The first-order chi connectivity index (χ1) is 12.9. The molecule has 7 heteroatoms. The van der Waals surface area contributed by atoms with Crippen molar-refractivity contribution in [3.63, 3.8) is 0 Å². The Labute approximate surface area is 170 Å². The maximum absolute atomic E-state index is 14.9. The van der Waals surface area contributed by atoms with E-state index >= 15 is 0 Å². The molecule has 164 valence electrons. The van der Waals surface area contributed by atoms with Crippen LogP contribution in [0.2, 0.25) is 13.1 Å². The quantitative estimate of drug-likeness (QED) is 0.439. The Bertz CT molecular complexity index is 535. The molecular formula is C21H38F2O4Si. The van der Waals surface area contributed by atoms with Crippen molar-refractivity contribution in [3.05, 3.63) is 0 Å². The van der Waals surface area contributed by atoms with Gasteiger partial charge in [-0.05, 0) is 31.4 Å². The number of halogens is 2. The van der Waals surface area contributed by atoms with Crippen molar-refractivity contribution in [2.75, 3.05) is 0 Å². The van der Waals surface area contributed by atoms with Gasteiger partial charge in [0, 0.05) is 30.6 Å². The molecule has 0 radical (unpaired) electrons. The van der Waals surface area contributed by atoms with Crippen LogP contribution >= 0.6 is 0 Å². The number of esters is 1. The maximum Gasteiger partial charge on any atom is 0.306 e. The van der Waals surface area contributed by atoms with E-state index in [2.05, 4.69) is 13.1 Å². The Balaban J connectivity index is 2.18. The zero-order valence-corrected chi connectivity index (χ0v) is 19.4. The third kappa shape index (κ3) is 5.54. The van der Waals surface area contributed by atoms with E-state index in [4.69, 9.17) is 9.16 Å². The first-order valence-electron chi connectivity index (χ1n) is 10.8. The summed E-state index contributed by atoms with van der Waals surface area (Å²) in [6.07, 6.45) is 0.714. The fourth-order valence-electron chi connectivity index (χ4n) is 5.26. The van der Waals surface area contributed by atoms with Crippen molar-refractivity contribution in [3.8, 4) is 0 Å². The lowest BCUT2D eigenvalue weighted by Gasteiger charge is -2.39. The molecule has 0 aromatic rings. The molecule has 2 unspecified atom stereocenters. The highest BCUT2D eigenvalue weighted by atomic mass is 28.3. The van der Waals surface area contributed by atoms with Gasteiger partial charge in [0.2, 0.25) is 0 Å². The van der Waals surface area contributed by atoms with Gasteiger partial charge in [-0.2, -0.15) is 0 Å². The average molecular weight is 421 g/mol. The highest BCUT2D eigenvalue weighted by Crippen LogP contribution is 2.48. The molecule has 28 heavy (non-hydrogen) atoms. The fourth-order valence-corrected chi connectivity index (χ4v) is 6.27. The number of aliphatic hydroxyl groups is 1. The Morgan fingerprint density at radius 1 is 1.29 bits per heavy atom. The van der Waals surface area contributed by atoms with E-state index in [1.54, 1.807) is 6.92 Å². The molecule has 1 aliphatic carbocycles. The third-order valence-corrected chi connectivity index (χ3v) is 7.22. The number of fused-ring (bicyclic) bond motifs is 1. The van der Waals surface area contributed by atoms with E-state index in [0.717, 1.165) is 0 Å². The summed E-state index contributed by atoms with van der Waals surface area (Å²) in [5, 5.41) is 10.6. The second-order valence-corrected chi connectivity index (χ2v) is 12.4. The average Bonchev–Trinajstić information content (AvgIpc) is 2.98. The van der Waals surface area contributed by atoms with Crippen LogP contribution in [0.1, 0.15) is 66.2 Å². The molecule has 0 aromatic heterocycles. The zero-order valence-electron chi connectivity index (χ0n) is 18.2. The number of hydrogen-bond donors (Lipinski definition) is 1. The predicted octanol–water partition coefficient (Wildman–Crippen LogP) is 4.55. The topological polar surface area (TPSA) is 55.8 Å². The van der Waals surface area contributed by atoms with Crippen molar-refractivity contribution >= 4 is 15.0 Å². The smallest absolute Gasteiger partial charge is 0.306 e. The van der Waals surface area contributed by atoms with E-state index in [-0.39, 0.29) is 36.4 Å². The molecule has 1 aliphatic heterocycles. The molecular weight excluding hydrogens is 382 g/mol. The number of rotatable bonds is 9. The minimum atomic E-state index is -2.73. The Morgan fingerprint density at radius 3 is 2.46 bits per heavy atom. The number of alkyl halides is 2. The minimum Gasteiger partial charge on any atom is -0.462 e. The van der Waals surface area contributed by atoms with Gasteiger partial charge < -0.3 is 14.3 Å². The van der Waals surface area contributed by atoms with Crippen LogP contribution in [0.4, 0.5) is 8.78 Å². The molecule has 0 aromatic carbocycles. The summed E-state index contributed by atoms with van der Waals surface area (Å²) >= 11 is 0. The number of carbonyl (C=O) groups is 1. The largest absolute Gasteiger partial charge is 0.462 e. The molecule has 2 rings (SSSR count). The van der Waals surface area contributed by atoms with Crippen LogP contribution in [0.25, 0.3) is 0 Å². The molecule has 2 aliphatic rings. The summed E-state index contributed by atoms with van der Waals surface area (Å²) in [4.78, 5) is 11.7. The summed E-state index contributed by atoms with van der Waals surface area (Å²) in [6, 6.07) is 0. The minimum absolute atomic E-state index is 0.0653. The Kier molecular flexibility index (Phi) is 7.70. The van der Waals surface area contributed by atoms with Gasteiger partial charge in [0.15, 0.2) is 9.04 Å². The van der Waals surface area contributed by atoms with Gasteiger partial charge in [-0.15, -0.1) is 0 Å². The van der Waals surface area contributed by atoms with Crippen LogP contribution in [0, 0.1) is 23.2 Å². The molecule has 1 saturated carbocycles. The summed E-state index contributed by atoms with van der Waals surface area (Å²) < 4.78 is 41.3. The summed E-state index contributed by atoms with van der Waals surface area (Å²) in [7, 11) is -1.45. The lowest BCUT2D eigenvalue weighted by molar-refractivity contribution is -0.141. The van der Waals surface area contributed by atoms with E-state index < -0.39 is 32.4 Å². The summed E-state index contributed by atoms with van der Waals surface area (Å²) in [6.45, 7) is 11.5. The first kappa shape index (κ1) is 23.7. The van der Waals surface area contributed by atoms with Crippen LogP contribution in [0.15, 0.2) is 0 Å². The zero-order chi connectivity index (χ0) is 21.3. The fraction of sp³-hybridized carbons (Fsp3) is 0.952. The molecule has 6 atom stereocenters. The molecule has 4 nitrogen and oxygen atoms in total. The van der Waals surface area contributed by atoms with Gasteiger partial charge in [0.05, 0.1) is 18.6 Å². The second kappa shape index (κ2) is 9.09. The van der Waals surface area contributed by atoms with Gasteiger partial charge in [-0.1, -0.05) is 34.1 Å². The molecule has 0 spiro atoms. The van der Waals surface area contributed by atoms with Crippen molar-refractivity contribution in [2.24, 2.45) is 23.2 Å². The van der Waals surface area contributed by atoms with Gasteiger partial charge in [-0.25, -0.2) is 8.78 Å². The molecule has 1 N–H and O–H groups in total. The second-order valence-electron chi connectivity index (χ2n) is 10.0. The summed E-state index contributed by atoms with van der Waals surface area (Å²) in [5.74, 6) is -3.99. The molecule has 1 heterocycles. The normalized spacial score (nSPS) is 30.4. The highest BCUT2D eigenvalue weighted by molar-refractivity contribution is 6.48. The Morgan fingerprint density at radius 2 is 1.93 bits per heavy atom. The summed E-state index contributed by atoms with van der Waals surface area (Å²) in [5.41, 5.74) is -0.526. The highest BCUT2D eigenvalue weighted by Gasteiger charge is 2.53. The van der Waals surface area contributed by atoms with Crippen molar-refractivity contribution in [1.82, 2.24) is 0 Å².